The Morgan fingerprint density at radius 1 is 1.24 bits per heavy atom. The number of nitrogens with two attached hydrogens (primary N) is 1. The molecule has 1 aromatic carbocycles. The lowest BCUT2D eigenvalue weighted by molar-refractivity contribution is 0.0580. The van der Waals surface area contributed by atoms with Crippen molar-refractivity contribution in [3.05, 3.63) is 47.4 Å². The molecule has 0 saturated carbocycles. The van der Waals surface area contributed by atoms with Crippen LogP contribution in [0.3, 0.4) is 0 Å². The lowest BCUT2D eigenvalue weighted by atomic mass is 10.1. The van der Waals surface area contributed by atoms with E-state index in [4.69, 9.17) is 22.1 Å². The van der Waals surface area contributed by atoms with Crippen molar-refractivity contribution in [1.29, 1.82) is 0 Å². The molecule has 25 heavy (non-hydrogen) atoms. The fraction of sp³-hybridized carbons (Fsp3) is 0.353. The Hall–Kier alpha value is -2.22. The molecule has 7 nitrogen and oxygen atoms in total. The van der Waals surface area contributed by atoms with Gasteiger partial charge in [0.2, 0.25) is 5.95 Å². The first kappa shape index (κ1) is 17.6. The van der Waals surface area contributed by atoms with Gasteiger partial charge in [-0.05, 0) is 12.0 Å². The summed E-state index contributed by atoms with van der Waals surface area (Å²) >= 11 is 6.03. The highest BCUT2D eigenvalue weighted by atomic mass is 35.5. The third kappa shape index (κ3) is 4.45. The van der Waals surface area contributed by atoms with E-state index in [-0.39, 0.29) is 23.6 Å². The van der Waals surface area contributed by atoms with Gasteiger partial charge in [-0.1, -0.05) is 41.9 Å². The van der Waals surface area contributed by atoms with E-state index in [9.17, 15) is 5.11 Å². The second-order valence-electron chi connectivity index (χ2n) is 5.82. The van der Waals surface area contributed by atoms with Gasteiger partial charge in [0, 0.05) is 19.1 Å². The van der Waals surface area contributed by atoms with E-state index in [0.717, 1.165) is 12.0 Å². The van der Waals surface area contributed by atoms with Crippen LogP contribution in [0.15, 0.2) is 36.7 Å². The molecule has 0 aliphatic rings. The maximum atomic E-state index is 9.58. The maximum absolute atomic E-state index is 9.58. The van der Waals surface area contributed by atoms with Crippen LogP contribution in [-0.2, 0) is 17.9 Å². The van der Waals surface area contributed by atoms with Crippen LogP contribution in [0.2, 0.25) is 5.15 Å². The van der Waals surface area contributed by atoms with Gasteiger partial charge in [0.05, 0.1) is 19.5 Å². The summed E-state index contributed by atoms with van der Waals surface area (Å²) in [4.78, 5) is 12.3. The van der Waals surface area contributed by atoms with Gasteiger partial charge in [-0.25, -0.2) is 4.98 Å². The van der Waals surface area contributed by atoms with E-state index in [0.29, 0.717) is 30.9 Å². The summed E-state index contributed by atoms with van der Waals surface area (Å²) in [6.45, 7) is 1.70. The van der Waals surface area contributed by atoms with Crippen LogP contribution in [0.4, 0.5) is 5.95 Å². The van der Waals surface area contributed by atoms with Gasteiger partial charge >= 0.3 is 0 Å². The first-order valence-corrected chi connectivity index (χ1v) is 8.41. The number of hydrogen-bond acceptors (Lipinski definition) is 6. The molecule has 3 aromatic rings. The number of aryl methyl sites for hydroxylation is 1. The first-order chi connectivity index (χ1) is 12.2. The van der Waals surface area contributed by atoms with E-state index in [1.165, 1.54) is 0 Å². The summed E-state index contributed by atoms with van der Waals surface area (Å²) in [5, 5.41) is 9.82. The summed E-state index contributed by atoms with van der Waals surface area (Å²) < 4.78 is 7.58. The monoisotopic (exact) mass is 361 g/mol. The molecule has 0 radical (unpaired) electrons. The highest BCUT2D eigenvalue weighted by molar-refractivity contribution is 6.33. The number of nitrogen functional groups attached to an aromatic ring is 1. The SMILES string of the molecule is Nc1nc(Cl)c2ncn(CC[C@H](CO)COCc3ccccc3)c2n1. The molecule has 0 fully saturated rings. The predicted molar refractivity (Wildman–Crippen MR) is 96.0 cm³/mol. The largest absolute Gasteiger partial charge is 0.396 e. The third-order valence-corrected chi connectivity index (χ3v) is 4.20. The standard InChI is InChI=1S/C17H20ClN5O2/c18-15-14-16(22-17(19)21-15)23(11-20-14)7-6-13(8-24)10-25-9-12-4-2-1-3-5-12/h1-5,11,13,24H,6-10H2,(H2,19,21,22)/t13-/m1/s1. The average molecular weight is 362 g/mol. The molecule has 1 atom stereocenters. The average Bonchev–Trinajstić information content (AvgIpc) is 3.02. The Balaban J connectivity index is 1.56. The van der Waals surface area contributed by atoms with Crippen molar-refractivity contribution in [3.8, 4) is 0 Å². The van der Waals surface area contributed by atoms with Crippen molar-refractivity contribution >= 4 is 28.7 Å². The number of anilines is 1. The van der Waals surface area contributed by atoms with Gasteiger partial charge in [-0.15, -0.1) is 0 Å². The number of ether oxygens (including phenoxy) is 1. The Bertz CT molecular complexity index is 825. The van der Waals surface area contributed by atoms with Crippen LogP contribution in [-0.4, -0.2) is 37.8 Å². The van der Waals surface area contributed by atoms with E-state index < -0.39 is 0 Å². The van der Waals surface area contributed by atoms with E-state index in [1.807, 2.05) is 34.9 Å². The number of rotatable bonds is 8. The van der Waals surface area contributed by atoms with E-state index in [2.05, 4.69) is 15.0 Å². The molecule has 0 amide bonds. The lowest BCUT2D eigenvalue weighted by Crippen LogP contribution is -2.16. The van der Waals surface area contributed by atoms with Crippen LogP contribution in [0.5, 0.6) is 0 Å². The predicted octanol–water partition coefficient (Wildman–Crippen LogP) is 2.28. The van der Waals surface area contributed by atoms with Gasteiger partial charge in [-0.3, -0.25) is 0 Å². The van der Waals surface area contributed by atoms with Gasteiger partial charge in [0.25, 0.3) is 0 Å². The second kappa shape index (κ2) is 8.24. The zero-order valence-corrected chi connectivity index (χ0v) is 14.4. The van der Waals surface area contributed by atoms with Crippen molar-refractivity contribution < 1.29 is 9.84 Å². The molecule has 3 N–H and O–H groups in total. The molecule has 0 spiro atoms. The molecular weight excluding hydrogens is 342 g/mol. The quantitative estimate of drug-likeness (QED) is 0.597. The molecule has 132 valence electrons. The fourth-order valence-corrected chi connectivity index (χ4v) is 2.78. The van der Waals surface area contributed by atoms with Crippen LogP contribution in [0, 0.1) is 5.92 Å². The van der Waals surface area contributed by atoms with Gasteiger partial charge in [-0.2, -0.15) is 9.97 Å². The minimum atomic E-state index is 0.0239. The van der Waals surface area contributed by atoms with E-state index in [1.54, 1.807) is 6.33 Å². The minimum Gasteiger partial charge on any atom is -0.396 e. The van der Waals surface area contributed by atoms with Crippen molar-refractivity contribution in [1.82, 2.24) is 19.5 Å². The molecule has 0 saturated heterocycles. The van der Waals surface area contributed by atoms with Crippen molar-refractivity contribution in [3.63, 3.8) is 0 Å². The number of imidazole rings is 1. The van der Waals surface area contributed by atoms with E-state index >= 15 is 0 Å². The number of aliphatic hydroxyl groups is 1. The third-order valence-electron chi connectivity index (χ3n) is 3.94. The number of hydrogen-bond donors (Lipinski definition) is 2. The fourth-order valence-electron chi connectivity index (χ4n) is 2.56. The van der Waals surface area contributed by atoms with Crippen molar-refractivity contribution in [2.24, 2.45) is 5.92 Å². The van der Waals surface area contributed by atoms with Gasteiger partial charge in [0.1, 0.15) is 5.52 Å². The topological polar surface area (TPSA) is 99.1 Å². The lowest BCUT2D eigenvalue weighted by Gasteiger charge is -2.15. The number of aliphatic hydroxyl groups excluding tert-OH is 1. The molecule has 8 heteroatoms. The molecule has 2 heterocycles. The summed E-state index contributed by atoms with van der Waals surface area (Å²) in [6.07, 6.45) is 2.38. The molecule has 3 rings (SSSR count). The Labute approximate surface area is 150 Å². The zero-order chi connectivity index (χ0) is 17.6. The number of benzene rings is 1. The number of halogens is 1. The summed E-state index contributed by atoms with van der Waals surface area (Å²) in [7, 11) is 0. The molecule has 0 aliphatic carbocycles. The number of fused-ring (bicyclic) bond motifs is 1. The first-order valence-electron chi connectivity index (χ1n) is 8.03. The Morgan fingerprint density at radius 3 is 2.80 bits per heavy atom. The summed E-state index contributed by atoms with van der Waals surface area (Å²) in [6, 6.07) is 9.95. The molecular formula is C17H20ClN5O2. The Morgan fingerprint density at radius 2 is 2.04 bits per heavy atom. The van der Waals surface area contributed by atoms with Crippen LogP contribution in [0.1, 0.15) is 12.0 Å². The highest BCUT2D eigenvalue weighted by Gasteiger charge is 2.13. The summed E-state index contributed by atoms with van der Waals surface area (Å²) in [5.41, 5.74) is 7.88. The maximum Gasteiger partial charge on any atom is 0.223 e. The molecule has 0 aliphatic heterocycles. The second-order valence-corrected chi connectivity index (χ2v) is 6.18. The molecule has 0 unspecified atom stereocenters. The Kier molecular flexibility index (Phi) is 5.80. The van der Waals surface area contributed by atoms with Crippen LogP contribution in [0.25, 0.3) is 11.2 Å². The number of aromatic nitrogens is 4. The van der Waals surface area contributed by atoms with Gasteiger partial charge in [0.15, 0.2) is 10.8 Å². The van der Waals surface area contributed by atoms with Gasteiger partial charge < -0.3 is 20.1 Å². The zero-order valence-electron chi connectivity index (χ0n) is 13.7. The van der Waals surface area contributed by atoms with Crippen molar-refractivity contribution in [2.45, 2.75) is 19.6 Å². The smallest absolute Gasteiger partial charge is 0.223 e. The van der Waals surface area contributed by atoms with Crippen LogP contribution < -0.4 is 5.73 Å². The molecule has 0 bridgehead atoms. The normalized spacial score (nSPS) is 12.6. The minimum absolute atomic E-state index is 0.0239. The molecule has 2 aromatic heterocycles. The summed E-state index contributed by atoms with van der Waals surface area (Å²) in [5.74, 6) is 0.139. The van der Waals surface area contributed by atoms with Crippen LogP contribution >= 0.6 is 11.6 Å². The van der Waals surface area contributed by atoms with Crippen molar-refractivity contribution in [2.75, 3.05) is 18.9 Å². The number of nitrogens with zero attached hydrogens (tertiary/aromatic N) is 4. The highest BCUT2D eigenvalue weighted by Crippen LogP contribution is 2.20.